The van der Waals surface area contributed by atoms with Crippen LogP contribution in [-0.2, 0) is 11.3 Å². The van der Waals surface area contributed by atoms with Gasteiger partial charge in [0.15, 0.2) is 11.5 Å². The maximum Gasteiger partial charge on any atom is 0.236 e. The zero-order valence-corrected chi connectivity index (χ0v) is 10.4. The van der Waals surface area contributed by atoms with Crippen LogP contribution >= 0.6 is 0 Å². The van der Waals surface area contributed by atoms with Crippen molar-refractivity contribution in [1.29, 1.82) is 0 Å². The highest BCUT2D eigenvalue weighted by Crippen LogP contribution is 2.25. The number of rotatable bonds is 5. The van der Waals surface area contributed by atoms with E-state index in [-0.39, 0.29) is 18.2 Å². The van der Waals surface area contributed by atoms with Crippen molar-refractivity contribution in [2.45, 2.75) is 6.54 Å². The summed E-state index contributed by atoms with van der Waals surface area (Å²) in [6, 6.07) is 5.15. The van der Waals surface area contributed by atoms with Gasteiger partial charge in [0.25, 0.3) is 0 Å². The molecule has 0 heterocycles. The Kier molecular flexibility index (Phi) is 4.78. The average Bonchev–Trinajstić information content (AvgIpc) is 2.29. The molecule has 0 aliphatic carbocycles. The van der Waals surface area contributed by atoms with Crippen LogP contribution in [0.2, 0.25) is 0 Å². The number of methoxy groups -OCH3 is 1. The second-order valence-electron chi connectivity index (χ2n) is 3.90. The lowest BCUT2D eigenvalue weighted by molar-refractivity contribution is -0.127. The number of nitrogens with one attached hydrogen (secondary N) is 1. The van der Waals surface area contributed by atoms with E-state index in [2.05, 4.69) is 5.32 Å². The minimum atomic E-state index is 0.0164. The highest BCUT2D eigenvalue weighted by Gasteiger charge is 2.04. The summed E-state index contributed by atoms with van der Waals surface area (Å²) in [6.45, 7) is 0.803. The van der Waals surface area contributed by atoms with Crippen molar-refractivity contribution in [3.63, 3.8) is 0 Å². The lowest BCUT2D eigenvalue weighted by Crippen LogP contribution is -2.32. The number of hydrogen-bond acceptors (Lipinski definition) is 4. The third kappa shape index (κ3) is 3.96. The predicted molar refractivity (Wildman–Crippen MR) is 65.1 cm³/mol. The molecule has 0 atom stereocenters. The summed E-state index contributed by atoms with van der Waals surface area (Å²) in [7, 11) is 4.93. The van der Waals surface area contributed by atoms with E-state index in [1.165, 1.54) is 12.0 Å². The number of carbonyl (C=O) groups is 1. The minimum absolute atomic E-state index is 0.0164. The maximum absolute atomic E-state index is 11.3. The molecule has 0 fully saturated rings. The zero-order chi connectivity index (χ0) is 12.8. The number of phenols is 1. The van der Waals surface area contributed by atoms with E-state index in [0.717, 1.165) is 5.56 Å². The molecule has 0 saturated carbocycles. The van der Waals surface area contributed by atoms with Crippen molar-refractivity contribution in [3.05, 3.63) is 23.8 Å². The Balaban J connectivity index is 2.47. The molecule has 0 bridgehead atoms. The number of ether oxygens (including phenoxy) is 1. The quantitative estimate of drug-likeness (QED) is 0.787. The second-order valence-corrected chi connectivity index (χ2v) is 3.90. The van der Waals surface area contributed by atoms with Crippen LogP contribution < -0.4 is 10.1 Å². The zero-order valence-electron chi connectivity index (χ0n) is 10.4. The van der Waals surface area contributed by atoms with Crippen LogP contribution in [0, 0.1) is 0 Å². The Morgan fingerprint density at radius 3 is 2.71 bits per heavy atom. The number of aromatic hydroxyl groups is 1. The van der Waals surface area contributed by atoms with Crippen molar-refractivity contribution in [2.24, 2.45) is 0 Å². The summed E-state index contributed by atoms with van der Waals surface area (Å²) in [5.41, 5.74) is 0.898. The molecule has 1 rings (SSSR count). The number of likely N-dealkylation sites (N-methyl/N-ethyl adjacent to an activating group) is 1. The average molecular weight is 238 g/mol. The first-order valence-electron chi connectivity index (χ1n) is 5.31. The van der Waals surface area contributed by atoms with E-state index >= 15 is 0 Å². The van der Waals surface area contributed by atoms with Crippen LogP contribution in [0.3, 0.4) is 0 Å². The van der Waals surface area contributed by atoms with Crippen molar-refractivity contribution in [1.82, 2.24) is 10.2 Å². The summed E-state index contributed by atoms with van der Waals surface area (Å²) in [6.07, 6.45) is 0. The standard InChI is InChI=1S/C12H18N2O3/c1-14(2)12(16)8-13-7-9-4-5-11(17-3)10(15)6-9/h4-6,13,15H,7-8H2,1-3H3. The molecular weight excluding hydrogens is 220 g/mol. The highest BCUT2D eigenvalue weighted by molar-refractivity contribution is 5.77. The van der Waals surface area contributed by atoms with Gasteiger partial charge in [-0.05, 0) is 17.7 Å². The summed E-state index contributed by atoms with van der Waals surface area (Å²) >= 11 is 0. The van der Waals surface area contributed by atoms with E-state index in [1.54, 1.807) is 26.2 Å². The fraction of sp³-hybridized carbons (Fsp3) is 0.417. The highest BCUT2D eigenvalue weighted by atomic mass is 16.5. The number of hydrogen-bond donors (Lipinski definition) is 2. The first kappa shape index (κ1) is 13.3. The normalized spacial score (nSPS) is 10.1. The lowest BCUT2D eigenvalue weighted by Gasteiger charge is -2.11. The van der Waals surface area contributed by atoms with Gasteiger partial charge in [-0.1, -0.05) is 6.07 Å². The predicted octanol–water partition coefficient (Wildman–Crippen LogP) is 0.579. The molecule has 17 heavy (non-hydrogen) atoms. The Morgan fingerprint density at radius 1 is 1.47 bits per heavy atom. The summed E-state index contributed by atoms with van der Waals surface area (Å²) in [5.74, 6) is 0.562. The summed E-state index contributed by atoms with van der Waals surface area (Å²) in [4.78, 5) is 12.8. The van der Waals surface area contributed by atoms with Gasteiger partial charge in [0, 0.05) is 20.6 Å². The number of nitrogens with zero attached hydrogens (tertiary/aromatic N) is 1. The minimum Gasteiger partial charge on any atom is -0.504 e. The molecule has 1 aromatic carbocycles. The number of carbonyl (C=O) groups excluding carboxylic acids is 1. The Hall–Kier alpha value is -1.75. The Bertz CT molecular complexity index is 391. The van der Waals surface area contributed by atoms with Gasteiger partial charge >= 0.3 is 0 Å². The van der Waals surface area contributed by atoms with Gasteiger partial charge in [0.05, 0.1) is 13.7 Å². The fourth-order valence-electron chi connectivity index (χ4n) is 1.32. The largest absolute Gasteiger partial charge is 0.504 e. The lowest BCUT2D eigenvalue weighted by atomic mass is 10.2. The van der Waals surface area contributed by atoms with Crippen molar-refractivity contribution >= 4 is 5.91 Å². The van der Waals surface area contributed by atoms with Crippen LogP contribution in [0.1, 0.15) is 5.56 Å². The van der Waals surface area contributed by atoms with E-state index in [0.29, 0.717) is 12.3 Å². The van der Waals surface area contributed by atoms with Crippen molar-refractivity contribution in [2.75, 3.05) is 27.7 Å². The van der Waals surface area contributed by atoms with E-state index in [1.807, 2.05) is 6.07 Å². The fourth-order valence-corrected chi connectivity index (χ4v) is 1.32. The first-order chi connectivity index (χ1) is 8.04. The number of phenolic OH excluding ortho intramolecular Hbond substituents is 1. The molecule has 0 unspecified atom stereocenters. The molecule has 5 heteroatoms. The van der Waals surface area contributed by atoms with E-state index < -0.39 is 0 Å². The second kappa shape index (κ2) is 6.10. The van der Waals surface area contributed by atoms with E-state index in [9.17, 15) is 9.90 Å². The molecule has 0 radical (unpaired) electrons. The van der Waals surface area contributed by atoms with Crippen LogP contribution in [-0.4, -0.2) is 43.7 Å². The molecular formula is C12H18N2O3. The number of benzene rings is 1. The third-order valence-corrected chi connectivity index (χ3v) is 2.35. The van der Waals surface area contributed by atoms with Crippen LogP contribution in [0.4, 0.5) is 0 Å². The van der Waals surface area contributed by atoms with Gasteiger partial charge in [-0.2, -0.15) is 0 Å². The molecule has 1 amide bonds. The van der Waals surface area contributed by atoms with Crippen LogP contribution in [0.5, 0.6) is 11.5 Å². The van der Waals surface area contributed by atoms with Gasteiger partial charge in [0.2, 0.25) is 5.91 Å². The SMILES string of the molecule is COc1ccc(CNCC(=O)N(C)C)cc1O. The summed E-state index contributed by atoms with van der Waals surface area (Å²) in [5, 5.41) is 12.6. The monoisotopic (exact) mass is 238 g/mol. The maximum atomic E-state index is 11.3. The van der Waals surface area contributed by atoms with Crippen LogP contribution in [0.15, 0.2) is 18.2 Å². The molecule has 0 aromatic heterocycles. The smallest absolute Gasteiger partial charge is 0.236 e. The molecule has 5 nitrogen and oxygen atoms in total. The molecule has 0 spiro atoms. The molecule has 0 aliphatic rings. The van der Waals surface area contributed by atoms with E-state index in [4.69, 9.17) is 4.74 Å². The van der Waals surface area contributed by atoms with Gasteiger partial charge < -0.3 is 20.1 Å². The Labute approximate surface area is 101 Å². The molecule has 1 aromatic rings. The van der Waals surface area contributed by atoms with Gasteiger partial charge in [-0.3, -0.25) is 4.79 Å². The first-order valence-corrected chi connectivity index (χ1v) is 5.31. The molecule has 0 saturated heterocycles. The van der Waals surface area contributed by atoms with Gasteiger partial charge in [-0.25, -0.2) is 0 Å². The molecule has 2 N–H and O–H groups in total. The van der Waals surface area contributed by atoms with Gasteiger partial charge in [-0.15, -0.1) is 0 Å². The number of amides is 1. The van der Waals surface area contributed by atoms with Crippen molar-refractivity contribution < 1.29 is 14.6 Å². The molecule has 0 aliphatic heterocycles. The molecule has 94 valence electrons. The van der Waals surface area contributed by atoms with Gasteiger partial charge in [0.1, 0.15) is 0 Å². The van der Waals surface area contributed by atoms with Crippen LogP contribution in [0.25, 0.3) is 0 Å². The topological polar surface area (TPSA) is 61.8 Å². The van der Waals surface area contributed by atoms with Crippen molar-refractivity contribution in [3.8, 4) is 11.5 Å². The summed E-state index contributed by atoms with van der Waals surface area (Å²) < 4.78 is 4.94. The third-order valence-electron chi connectivity index (χ3n) is 2.35. The Morgan fingerprint density at radius 2 is 2.18 bits per heavy atom.